The third kappa shape index (κ3) is 3.41. The van der Waals surface area contributed by atoms with Crippen molar-refractivity contribution in [3.8, 4) is 11.5 Å². The molecule has 1 heterocycles. The van der Waals surface area contributed by atoms with E-state index in [0.717, 1.165) is 0 Å². The lowest BCUT2D eigenvalue weighted by atomic mass is 10.1. The molecule has 0 radical (unpaired) electrons. The lowest BCUT2D eigenvalue weighted by molar-refractivity contribution is 0.102. The fourth-order valence-electron chi connectivity index (χ4n) is 2.38. The molecule has 5 nitrogen and oxygen atoms in total. The summed E-state index contributed by atoms with van der Waals surface area (Å²) in [5.74, 6) is 1.02. The standard InChI is InChI=1S/C19H17N3O2/c1-13-18(14(2)21-12-20-13)19(23)22-16-10-6-7-11-17(16)24-15-8-4-3-5-9-15/h3-12H,1-2H3,(H,22,23). The van der Waals surface area contributed by atoms with E-state index >= 15 is 0 Å². The highest BCUT2D eigenvalue weighted by atomic mass is 16.5. The van der Waals surface area contributed by atoms with Crippen molar-refractivity contribution in [3.63, 3.8) is 0 Å². The van der Waals surface area contributed by atoms with Crippen LogP contribution in [0.25, 0.3) is 0 Å². The van der Waals surface area contributed by atoms with Gasteiger partial charge in [-0.05, 0) is 38.1 Å². The molecule has 0 aliphatic carbocycles. The number of rotatable bonds is 4. The van der Waals surface area contributed by atoms with E-state index < -0.39 is 0 Å². The van der Waals surface area contributed by atoms with Crippen molar-refractivity contribution >= 4 is 11.6 Å². The van der Waals surface area contributed by atoms with E-state index in [1.54, 1.807) is 19.9 Å². The molecule has 0 aliphatic heterocycles. The molecule has 2 aromatic carbocycles. The summed E-state index contributed by atoms with van der Waals surface area (Å²) in [7, 11) is 0. The van der Waals surface area contributed by atoms with Gasteiger partial charge in [0, 0.05) is 0 Å². The van der Waals surface area contributed by atoms with Gasteiger partial charge in [-0.3, -0.25) is 4.79 Å². The number of benzene rings is 2. The minimum absolute atomic E-state index is 0.255. The Morgan fingerprint density at radius 3 is 2.25 bits per heavy atom. The zero-order valence-corrected chi connectivity index (χ0v) is 13.5. The highest BCUT2D eigenvalue weighted by molar-refractivity contribution is 6.06. The second-order valence-corrected chi connectivity index (χ2v) is 5.28. The molecule has 5 heteroatoms. The van der Waals surface area contributed by atoms with Gasteiger partial charge in [0.25, 0.3) is 5.91 Å². The van der Waals surface area contributed by atoms with Crippen molar-refractivity contribution < 1.29 is 9.53 Å². The van der Waals surface area contributed by atoms with Gasteiger partial charge in [-0.1, -0.05) is 30.3 Å². The predicted octanol–water partition coefficient (Wildman–Crippen LogP) is 4.14. The second-order valence-electron chi connectivity index (χ2n) is 5.28. The number of ether oxygens (including phenoxy) is 1. The van der Waals surface area contributed by atoms with Crippen molar-refractivity contribution in [1.82, 2.24) is 9.97 Å². The van der Waals surface area contributed by atoms with Gasteiger partial charge >= 0.3 is 0 Å². The Bertz CT molecular complexity index is 843. The largest absolute Gasteiger partial charge is 0.455 e. The van der Waals surface area contributed by atoms with Crippen molar-refractivity contribution in [2.24, 2.45) is 0 Å². The summed E-state index contributed by atoms with van der Waals surface area (Å²) >= 11 is 0. The average molecular weight is 319 g/mol. The van der Waals surface area contributed by atoms with Crippen LogP contribution in [0.2, 0.25) is 0 Å². The summed E-state index contributed by atoms with van der Waals surface area (Å²) in [6.45, 7) is 3.58. The fraction of sp³-hybridized carbons (Fsp3) is 0.105. The number of anilines is 1. The van der Waals surface area contributed by atoms with E-state index in [1.165, 1.54) is 6.33 Å². The molecule has 1 amide bonds. The molecule has 3 aromatic rings. The number of hydrogen-bond donors (Lipinski definition) is 1. The van der Waals surface area contributed by atoms with Gasteiger partial charge in [-0.15, -0.1) is 0 Å². The Kier molecular flexibility index (Phi) is 4.52. The Morgan fingerprint density at radius 1 is 0.917 bits per heavy atom. The molecule has 1 aromatic heterocycles. The quantitative estimate of drug-likeness (QED) is 0.785. The van der Waals surface area contributed by atoms with Crippen LogP contribution in [0, 0.1) is 13.8 Å². The number of nitrogens with zero attached hydrogens (tertiary/aromatic N) is 2. The van der Waals surface area contributed by atoms with Crippen LogP contribution in [0.1, 0.15) is 21.7 Å². The SMILES string of the molecule is Cc1ncnc(C)c1C(=O)Nc1ccccc1Oc1ccccc1. The van der Waals surface area contributed by atoms with Gasteiger partial charge in [0.15, 0.2) is 5.75 Å². The van der Waals surface area contributed by atoms with Gasteiger partial charge in [0.05, 0.1) is 22.6 Å². The summed E-state index contributed by atoms with van der Waals surface area (Å²) in [6, 6.07) is 16.7. The first kappa shape index (κ1) is 15.7. The van der Waals surface area contributed by atoms with Gasteiger partial charge < -0.3 is 10.1 Å². The number of para-hydroxylation sites is 3. The van der Waals surface area contributed by atoms with Crippen LogP contribution in [0.5, 0.6) is 11.5 Å². The van der Waals surface area contributed by atoms with Crippen molar-refractivity contribution in [2.75, 3.05) is 5.32 Å². The molecular formula is C19H17N3O2. The van der Waals surface area contributed by atoms with Gasteiger partial charge in [-0.25, -0.2) is 9.97 Å². The summed E-state index contributed by atoms with van der Waals surface area (Å²) in [4.78, 5) is 20.8. The van der Waals surface area contributed by atoms with Crippen LogP contribution in [0.15, 0.2) is 60.9 Å². The molecule has 0 atom stereocenters. The van der Waals surface area contributed by atoms with Gasteiger partial charge in [-0.2, -0.15) is 0 Å². The normalized spacial score (nSPS) is 10.2. The Labute approximate surface area is 140 Å². The zero-order valence-electron chi connectivity index (χ0n) is 13.5. The fourth-order valence-corrected chi connectivity index (χ4v) is 2.38. The highest BCUT2D eigenvalue weighted by Crippen LogP contribution is 2.29. The van der Waals surface area contributed by atoms with Crippen molar-refractivity contribution in [3.05, 3.63) is 77.9 Å². The zero-order chi connectivity index (χ0) is 16.9. The smallest absolute Gasteiger partial charge is 0.259 e. The number of aromatic nitrogens is 2. The Balaban J connectivity index is 1.87. The Hall–Kier alpha value is -3.21. The van der Waals surface area contributed by atoms with Crippen LogP contribution >= 0.6 is 0 Å². The molecule has 0 fully saturated rings. The average Bonchev–Trinajstić information content (AvgIpc) is 2.57. The van der Waals surface area contributed by atoms with Crippen LogP contribution in [0.3, 0.4) is 0 Å². The number of carbonyl (C=O) groups is 1. The van der Waals surface area contributed by atoms with Crippen LogP contribution in [-0.2, 0) is 0 Å². The van der Waals surface area contributed by atoms with E-state index in [0.29, 0.717) is 34.1 Å². The monoisotopic (exact) mass is 319 g/mol. The molecule has 0 bridgehead atoms. The van der Waals surface area contributed by atoms with Gasteiger partial charge in [0.2, 0.25) is 0 Å². The topological polar surface area (TPSA) is 64.1 Å². The summed E-state index contributed by atoms with van der Waals surface area (Å²) < 4.78 is 5.86. The number of aryl methyl sites for hydroxylation is 2. The van der Waals surface area contributed by atoms with Crippen LogP contribution in [0.4, 0.5) is 5.69 Å². The van der Waals surface area contributed by atoms with Crippen molar-refractivity contribution in [1.29, 1.82) is 0 Å². The van der Waals surface area contributed by atoms with E-state index in [-0.39, 0.29) is 5.91 Å². The molecule has 0 aliphatic rings. The number of hydrogen-bond acceptors (Lipinski definition) is 4. The maximum absolute atomic E-state index is 12.6. The molecule has 120 valence electrons. The van der Waals surface area contributed by atoms with Crippen molar-refractivity contribution in [2.45, 2.75) is 13.8 Å². The third-order valence-electron chi connectivity index (χ3n) is 3.56. The minimum Gasteiger partial charge on any atom is -0.455 e. The first-order valence-electron chi connectivity index (χ1n) is 7.56. The Morgan fingerprint density at radius 2 is 1.54 bits per heavy atom. The molecule has 0 spiro atoms. The van der Waals surface area contributed by atoms with Crippen LogP contribution < -0.4 is 10.1 Å². The first-order chi connectivity index (χ1) is 11.6. The predicted molar refractivity (Wildman–Crippen MR) is 92.4 cm³/mol. The van der Waals surface area contributed by atoms with Crippen LogP contribution in [-0.4, -0.2) is 15.9 Å². The first-order valence-corrected chi connectivity index (χ1v) is 7.56. The third-order valence-corrected chi connectivity index (χ3v) is 3.56. The summed E-state index contributed by atoms with van der Waals surface area (Å²) in [6.07, 6.45) is 1.45. The molecule has 24 heavy (non-hydrogen) atoms. The summed E-state index contributed by atoms with van der Waals surface area (Å²) in [5.41, 5.74) is 2.35. The lowest BCUT2D eigenvalue weighted by Crippen LogP contribution is -2.17. The maximum atomic E-state index is 12.6. The summed E-state index contributed by atoms with van der Waals surface area (Å²) in [5, 5.41) is 2.88. The second kappa shape index (κ2) is 6.91. The van der Waals surface area contributed by atoms with E-state index in [9.17, 15) is 4.79 Å². The molecular weight excluding hydrogens is 302 g/mol. The number of nitrogens with one attached hydrogen (secondary N) is 1. The molecule has 0 saturated carbocycles. The van der Waals surface area contributed by atoms with Gasteiger partial charge in [0.1, 0.15) is 12.1 Å². The van der Waals surface area contributed by atoms with E-state index in [1.807, 2.05) is 48.5 Å². The lowest BCUT2D eigenvalue weighted by Gasteiger charge is -2.13. The molecule has 0 unspecified atom stereocenters. The molecule has 3 rings (SSSR count). The number of carbonyl (C=O) groups excluding carboxylic acids is 1. The molecule has 1 N–H and O–H groups in total. The maximum Gasteiger partial charge on any atom is 0.259 e. The highest BCUT2D eigenvalue weighted by Gasteiger charge is 2.16. The molecule has 0 saturated heterocycles. The number of amides is 1. The van der Waals surface area contributed by atoms with E-state index in [2.05, 4.69) is 15.3 Å². The minimum atomic E-state index is -0.255. The van der Waals surface area contributed by atoms with E-state index in [4.69, 9.17) is 4.74 Å².